The van der Waals surface area contributed by atoms with Crippen molar-refractivity contribution in [3.05, 3.63) is 64.2 Å². The molecule has 0 atom stereocenters. The molecule has 110 valence electrons. The summed E-state index contributed by atoms with van der Waals surface area (Å²) in [7, 11) is 0. The molecule has 0 fully saturated rings. The molecule has 6 nitrogen and oxygen atoms in total. The highest BCUT2D eigenvalue weighted by atomic mass is 16.7. The van der Waals surface area contributed by atoms with Gasteiger partial charge < -0.3 is 4.84 Å². The van der Waals surface area contributed by atoms with Crippen molar-refractivity contribution in [2.45, 2.75) is 13.5 Å². The van der Waals surface area contributed by atoms with Crippen molar-refractivity contribution < 1.29 is 4.84 Å². The number of pyridine rings is 1. The van der Waals surface area contributed by atoms with Gasteiger partial charge in [-0.1, -0.05) is 12.1 Å². The van der Waals surface area contributed by atoms with E-state index in [1.165, 1.54) is 15.7 Å². The first-order chi connectivity index (χ1) is 10.7. The Morgan fingerprint density at radius 1 is 1.32 bits per heavy atom. The normalized spacial score (nSPS) is 10.5. The smallest absolute Gasteiger partial charge is 0.277 e. The summed E-state index contributed by atoms with van der Waals surface area (Å²) in [5, 5.41) is 9.54. The minimum absolute atomic E-state index is 0.133. The summed E-state index contributed by atoms with van der Waals surface area (Å²) in [4.78, 5) is 23.7. The van der Waals surface area contributed by atoms with Gasteiger partial charge in [0.05, 0.1) is 17.5 Å². The minimum Gasteiger partial charge on any atom is -0.398 e. The molecule has 0 bridgehead atoms. The van der Waals surface area contributed by atoms with Crippen LogP contribution in [-0.4, -0.2) is 21.1 Å². The summed E-state index contributed by atoms with van der Waals surface area (Å²) in [6, 6.07) is 11.1. The largest absolute Gasteiger partial charge is 0.398 e. The average Bonchev–Trinajstić information content (AvgIpc) is 2.82. The molecule has 3 rings (SSSR count). The second-order valence-corrected chi connectivity index (χ2v) is 4.76. The van der Waals surface area contributed by atoms with E-state index in [-0.39, 0.29) is 12.1 Å². The van der Waals surface area contributed by atoms with Crippen molar-refractivity contribution in [1.82, 2.24) is 14.5 Å². The number of para-hydroxylation sites is 1. The van der Waals surface area contributed by atoms with Crippen LogP contribution in [0.2, 0.25) is 0 Å². The third-order valence-corrected chi connectivity index (χ3v) is 3.30. The van der Waals surface area contributed by atoms with Crippen molar-refractivity contribution in [2.24, 2.45) is 0 Å². The molecule has 0 saturated carbocycles. The first-order valence-electron chi connectivity index (χ1n) is 6.92. The second-order valence-electron chi connectivity index (χ2n) is 4.76. The van der Waals surface area contributed by atoms with Crippen molar-refractivity contribution in [2.75, 3.05) is 6.61 Å². The summed E-state index contributed by atoms with van der Waals surface area (Å²) in [5.41, 5.74) is 1.82. The van der Waals surface area contributed by atoms with Crippen molar-refractivity contribution in [3.63, 3.8) is 0 Å². The number of aromatic nitrogens is 3. The Morgan fingerprint density at radius 2 is 2.14 bits per heavy atom. The first kappa shape index (κ1) is 13.9. The van der Waals surface area contributed by atoms with Crippen LogP contribution in [0.25, 0.3) is 10.9 Å². The van der Waals surface area contributed by atoms with Gasteiger partial charge in [-0.25, -0.2) is 4.68 Å². The number of benzene rings is 1. The number of nitrogens with zero attached hydrogens (tertiary/aromatic N) is 4. The van der Waals surface area contributed by atoms with E-state index in [4.69, 9.17) is 10.1 Å². The molecule has 2 aromatic heterocycles. The molecule has 0 aliphatic rings. The van der Waals surface area contributed by atoms with E-state index in [0.717, 1.165) is 11.1 Å². The molecule has 0 saturated heterocycles. The first-order valence-corrected chi connectivity index (χ1v) is 6.92. The Balaban J connectivity index is 2.13. The highest BCUT2D eigenvalue weighted by molar-refractivity contribution is 5.78. The summed E-state index contributed by atoms with van der Waals surface area (Å²) < 4.78 is 1.51. The lowest BCUT2D eigenvalue weighted by atomic mass is 10.2. The molecular formula is C16H14N4O2. The summed E-state index contributed by atoms with van der Waals surface area (Å²) in [5.74, 6) is 0. The molecule has 0 aliphatic heterocycles. The van der Waals surface area contributed by atoms with Gasteiger partial charge in [0, 0.05) is 12.4 Å². The molecule has 0 aliphatic carbocycles. The van der Waals surface area contributed by atoms with E-state index in [2.05, 4.69) is 4.98 Å². The van der Waals surface area contributed by atoms with E-state index in [9.17, 15) is 4.79 Å². The maximum atomic E-state index is 12.6. The van der Waals surface area contributed by atoms with Crippen LogP contribution in [0.5, 0.6) is 0 Å². The van der Waals surface area contributed by atoms with Crippen molar-refractivity contribution >= 4 is 10.9 Å². The topological polar surface area (TPSA) is 72.8 Å². The van der Waals surface area contributed by atoms with Crippen molar-refractivity contribution in [3.8, 4) is 6.07 Å². The quantitative estimate of drug-likeness (QED) is 0.732. The van der Waals surface area contributed by atoms with Gasteiger partial charge in [0.2, 0.25) is 0 Å². The van der Waals surface area contributed by atoms with E-state index >= 15 is 0 Å². The zero-order valence-corrected chi connectivity index (χ0v) is 12.1. The van der Waals surface area contributed by atoms with E-state index in [1.807, 2.05) is 31.2 Å². The molecular weight excluding hydrogens is 280 g/mol. The third kappa shape index (κ3) is 2.33. The predicted molar refractivity (Wildman–Crippen MR) is 81.4 cm³/mol. The Labute approximate surface area is 126 Å². The van der Waals surface area contributed by atoms with Gasteiger partial charge in [0.1, 0.15) is 18.2 Å². The maximum Gasteiger partial charge on any atom is 0.277 e. The van der Waals surface area contributed by atoms with Gasteiger partial charge in [-0.15, -0.1) is 4.85 Å². The molecule has 2 heterocycles. The lowest BCUT2D eigenvalue weighted by molar-refractivity contribution is 0.0733. The number of rotatable bonds is 4. The summed E-state index contributed by atoms with van der Waals surface area (Å²) in [6.45, 7) is 2.59. The Hall–Kier alpha value is -3.07. The Bertz CT molecular complexity index is 918. The molecule has 3 aromatic rings. The number of nitriles is 1. The zero-order chi connectivity index (χ0) is 15.5. The molecule has 0 spiro atoms. The van der Waals surface area contributed by atoms with Gasteiger partial charge in [0.25, 0.3) is 5.56 Å². The SMILES string of the molecule is CCOn1c2ccccc2c(=O)n1Cc1cncc(C#N)c1. The standard InChI is InChI=1S/C16H14N4O2/c1-2-22-20-15-6-4-3-5-14(15)16(21)19(20)11-13-7-12(8-17)9-18-10-13/h3-7,9-10H,2,11H2,1H3. The molecule has 0 N–H and O–H groups in total. The van der Waals surface area contributed by atoms with Crippen LogP contribution < -0.4 is 10.4 Å². The Morgan fingerprint density at radius 3 is 2.91 bits per heavy atom. The zero-order valence-electron chi connectivity index (χ0n) is 12.1. The number of hydrogen-bond donors (Lipinski definition) is 0. The van der Waals surface area contributed by atoms with Gasteiger partial charge in [-0.2, -0.15) is 5.26 Å². The van der Waals surface area contributed by atoms with Gasteiger partial charge in [-0.3, -0.25) is 9.78 Å². The molecule has 0 unspecified atom stereocenters. The van der Waals surface area contributed by atoms with Crippen LogP contribution in [0.15, 0.2) is 47.5 Å². The van der Waals surface area contributed by atoms with Crippen molar-refractivity contribution in [1.29, 1.82) is 5.26 Å². The molecule has 1 aromatic carbocycles. The van der Waals surface area contributed by atoms with Crippen LogP contribution in [0.4, 0.5) is 0 Å². The monoisotopic (exact) mass is 294 g/mol. The lowest BCUT2D eigenvalue weighted by Crippen LogP contribution is -2.28. The van der Waals surface area contributed by atoms with Crippen LogP contribution in [0.3, 0.4) is 0 Å². The van der Waals surface area contributed by atoms with Crippen LogP contribution >= 0.6 is 0 Å². The van der Waals surface area contributed by atoms with Gasteiger partial charge in [0.15, 0.2) is 0 Å². The predicted octanol–water partition coefficient (Wildman–Crippen LogP) is 1.57. The summed E-state index contributed by atoms with van der Waals surface area (Å²) >= 11 is 0. The average molecular weight is 294 g/mol. The van der Waals surface area contributed by atoms with Gasteiger partial charge in [-0.05, 0) is 30.7 Å². The van der Waals surface area contributed by atoms with E-state index in [0.29, 0.717) is 17.6 Å². The fourth-order valence-corrected chi connectivity index (χ4v) is 2.38. The van der Waals surface area contributed by atoms with E-state index < -0.39 is 0 Å². The lowest BCUT2D eigenvalue weighted by Gasteiger charge is -2.12. The molecule has 22 heavy (non-hydrogen) atoms. The van der Waals surface area contributed by atoms with E-state index in [1.54, 1.807) is 18.3 Å². The number of hydrogen-bond acceptors (Lipinski definition) is 4. The minimum atomic E-state index is -0.133. The highest BCUT2D eigenvalue weighted by Crippen LogP contribution is 2.11. The van der Waals surface area contributed by atoms with Crippen LogP contribution in [0.1, 0.15) is 18.1 Å². The third-order valence-electron chi connectivity index (χ3n) is 3.30. The molecule has 6 heteroatoms. The fraction of sp³-hybridized carbons (Fsp3) is 0.188. The fourth-order valence-electron chi connectivity index (χ4n) is 2.38. The Kier molecular flexibility index (Phi) is 3.62. The molecule has 0 radical (unpaired) electrons. The maximum absolute atomic E-state index is 12.6. The number of fused-ring (bicyclic) bond motifs is 1. The van der Waals surface area contributed by atoms with Crippen LogP contribution in [-0.2, 0) is 6.54 Å². The van der Waals surface area contributed by atoms with Crippen LogP contribution in [0, 0.1) is 11.3 Å². The second kappa shape index (κ2) is 5.74. The van der Waals surface area contributed by atoms with Gasteiger partial charge >= 0.3 is 0 Å². The summed E-state index contributed by atoms with van der Waals surface area (Å²) in [6.07, 6.45) is 3.13. The molecule has 0 amide bonds. The highest BCUT2D eigenvalue weighted by Gasteiger charge is 2.14.